The minimum Gasteiger partial charge on any atom is -0.479 e. The predicted molar refractivity (Wildman–Crippen MR) is 147 cm³/mol. The smallest absolute Gasteiger partial charge is 0.407 e. The Morgan fingerprint density at radius 1 is 0.950 bits per heavy atom. The molecule has 0 saturated carbocycles. The summed E-state index contributed by atoms with van der Waals surface area (Å²) in [6.07, 6.45) is -2.32. The first-order chi connectivity index (χ1) is 19.4. The fraction of sp³-hybridized carbons (Fsp3) is 0.323. The zero-order chi connectivity index (χ0) is 28.1. The van der Waals surface area contributed by atoms with Crippen LogP contribution in [0.5, 0.6) is 0 Å². The van der Waals surface area contributed by atoms with Crippen molar-refractivity contribution in [2.45, 2.75) is 50.2 Å². The second kappa shape index (κ2) is 12.3. The molecule has 9 heteroatoms. The Kier molecular flexibility index (Phi) is 8.42. The van der Waals surface area contributed by atoms with E-state index in [4.69, 9.17) is 14.2 Å². The number of carbonyl (C=O) groups excluding carboxylic acids is 2. The van der Waals surface area contributed by atoms with Gasteiger partial charge in [-0.25, -0.2) is 9.59 Å². The molecule has 3 aromatic rings. The van der Waals surface area contributed by atoms with Crippen molar-refractivity contribution >= 4 is 18.0 Å². The van der Waals surface area contributed by atoms with Crippen LogP contribution in [0.4, 0.5) is 4.79 Å². The summed E-state index contributed by atoms with van der Waals surface area (Å²) in [6, 6.07) is 23.6. The van der Waals surface area contributed by atoms with E-state index >= 15 is 0 Å². The van der Waals surface area contributed by atoms with Gasteiger partial charge in [0.05, 0.1) is 18.8 Å². The summed E-state index contributed by atoms with van der Waals surface area (Å²) in [5.41, 5.74) is 5.28. The lowest BCUT2D eigenvalue weighted by Crippen LogP contribution is -2.56. The molecular weight excluding hydrogens is 512 g/mol. The molecule has 208 valence electrons. The van der Waals surface area contributed by atoms with Crippen molar-refractivity contribution in [3.8, 4) is 11.1 Å². The molecular formula is C31H32N2O7. The number of carbonyl (C=O) groups is 3. The Hall–Kier alpha value is -4.21. The Bertz CT molecular complexity index is 1320. The molecule has 0 spiro atoms. The molecule has 1 aliphatic heterocycles. The van der Waals surface area contributed by atoms with Crippen LogP contribution in [-0.2, 0) is 30.4 Å². The summed E-state index contributed by atoms with van der Waals surface area (Å²) < 4.78 is 16.9. The van der Waals surface area contributed by atoms with Crippen molar-refractivity contribution in [3.05, 3.63) is 95.6 Å². The number of hydrogen-bond donors (Lipinski definition) is 3. The second-order valence-electron chi connectivity index (χ2n) is 9.98. The molecule has 5 rings (SSSR count). The summed E-state index contributed by atoms with van der Waals surface area (Å²) in [5.74, 6) is -1.86. The van der Waals surface area contributed by atoms with Crippen LogP contribution in [0.2, 0.25) is 0 Å². The molecule has 1 fully saturated rings. The number of benzene rings is 3. The SMILES string of the molecule is CC(OCc1ccccc1)C(NC(=O)OCC1c2ccccc2-c2ccccc21)C(=O)N[C@@H]1CCO[C@@H]1C(=O)O. The number of amides is 2. The molecule has 2 aliphatic rings. The molecule has 2 unspecified atom stereocenters. The first-order valence-electron chi connectivity index (χ1n) is 13.3. The number of rotatable bonds is 10. The quantitative estimate of drug-likeness (QED) is 0.354. The maximum Gasteiger partial charge on any atom is 0.407 e. The van der Waals surface area contributed by atoms with Crippen molar-refractivity contribution in [3.63, 3.8) is 0 Å². The standard InChI is InChI=1S/C31H32N2O7/c1-19(39-17-20-9-3-2-4-10-20)27(29(34)32-26-15-16-38-28(26)30(35)36)33-31(37)40-18-25-23-13-7-5-11-21(23)22-12-6-8-14-24(22)25/h2-14,19,25-28H,15-18H2,1H3,(H,32,34)(H,33,37)(H,35,36)/t19?,26-,27?,28+/m1/s1. The average Bonchev–Trinajstić information content (AvgIpc) is 3.56. The number of nitrogens with one attached hydrogen (secondary N) is 2. The maximum atomic E-state index is 13.3. The maximum absolute atomic E-state index is 13.3. The first-order valence-corrected chi connectivity index (χ1v) is 13.3. The molecule has 1 heterocycles. The summed E-state index contributed by atoms with van der Waals surface area (Å²) in [6.45, 7) is 2.21. The molecule has 0 radical (unpaired) electrons. The van der Waals surface area contributed by atoms with E-state index in [9.17, 15) is 19.5 Å². The summed E-state index contributed by atoms with van der Waals surface area (Å²) in [4.78, 5) is 37.9. The molecule has 40 heavy (non-hydrogen) atoms. The van der Waals surface area contributed by atoms with Gasteiger partial charge in [-0.1, -0.05) is 78.9 Å². The molecule has 0 bridgehead atoms. The van der Waals surface area contributed by atoms with Crippen LogP contribution in [0, 0.1) is 0 Å². The minimum atomic E-state index is -1.16. The van der Waals surface area contributed by atoms with E-state index in [2.05, 4.69) is 22.8 Å². The van der Waals surface area contributed by atoms with Gasteiger partial charge in [-0.05, 0) is 41.2 Å². The molecule has 1 saturated heterocycles. The lowest BCUT2D eigenvalue weighted by molar-refractivity contribution is -0.148. The number of hydrogen-bond acceptors (Lipinski definition) is 6. The van der Waals surface area contributed by atoms with Crippen molar-refractivity contribution in [2.24, 2.45) is 0 Å². The number of alkyl carbamates (subject to hydrolysis) is 1. The van der Waals surface area contributed by atoms with Crippen LogP contribution < -0.4 is 10.6 Å². The highest BCUT2D eigenvalue weighted by Gasteiger charge is 2.38. The van der Waals surface area contributed by atoms with Gasteiger partial charge in [0, 0.05) is 12.5 Å². The summed E-state index contributed by atoms with van der Waals surface area (Å²) >= 11 is 0. The highest BCUT2D eigenvalue weighted by Crippen LogP contribution is 2.44. The number of fused-ring (bicyclic) bond motifs is 3. The third kappa shape index (κ3) is 6.00. The number of aliphatic carboxylic acids is 1. The molecule has 2 amide bonds. The van der Waals surface area contributed by atoms with Gasteiger partial charge in [0.15, 0.2) is 6.10 Å². The monoisotopic (exact) mass is 544 g/mol. The number of carboxylic acids is 1. The van der Waals surface area contributed by atoms with Gasteiger partial charge in [0.1, 0.15) is 12.6 Å². The van der Waals surface area contributed by atoms with Crippen LogP contribution >= 0.6 is 0 Å². The van der Waals surface area contributed by atoms with Gasteiger partial charge < -0.3 is 30.0 Å². The fourth-order valence-corrected chi connectivity index (χ4v) is 5.31. The lowest BCUT2D eigenvalue weighted by atomic mass is 9.98. The second-order valence-corrected chi connectivity index (χ2v) is 9.98. The number of carboxylic acid groups (broad SMARTS) is 1. The van der Waals surface area contributed by atoms with E-state index in [1.54, 1.807) is 6.92 Å². The van der Waals surface area contributed by atoms with E-state index in [0.717, 1.165) is 27.8 Å². The summed E-state index contributed by atoms with van der Waals surface area (Å²) in [7, 11) is 0. The van der Waals surface area contributed by atoms with Crippen molar-refractivity contribution in [1.29, 1.82) is 0 Å². The van der Waals surface area contributed by atoms with Gasteiger partial charge in [-0.3, -0.25) is 4.79 Å². The molecule has 9 nitrogen and oxygen atoms in total. The largest absolute Gasteiger partial charge is 0.479 e. The molecule has 3 N–H and O–H groups in total. The van der Waals surface area contributed by atoms with E-state index in [1.165, 1.54) is 0 Å². The van der Waals surface area contributed by atoms with Gasteiger partial charge in [-0.2, -0.15) is 0 Å². The molecule has 1 aliphatic carbocycles. The van der Waals surface area contributed by atoms with Gasteiger partial charge in [0.25, 0.3) is 0 Å². The third-order valence-electron chi connectivity index (χ3n) is 7.39. The van der Waals surface area contributed by atoms with Crippen molar-refractivity contribution in [1.82, 2.24) is 10.6 Å². The topological polar surface area (TPSA) is 123 Å². The Balaban J connectivity index is 1.27. The zero-order valence-electron chi connectivity index (χ0n) is 22.1. The van der Waals surface area contributed by atoms with Gasteiger partial charge >= 0.3 is 12.1 Å². The zero-order valence-corrected chi connectivity index (χ0v) is 22.1. The normalized spacial score (nSPS) is 19.2. The van der Waals surface area contributed by atoms with Gasteiger partial charge in [0.2, 0.25) is 5.91 Å². The first kappa shape index (κ1) is 27.4. The fourth-order valence-electron chi connectivity index (χ4n) is 5.31. The Morgan fingerprint density at radius 3 is 2.23 bits per heavy atom. The minimum absolute atomic E-state index is 0.0883. The van der Waals surface area contributed by atoms with E-state index in [0.29, 0.717) is 6.42 Å². The molecule has 0 aromatic heterocycles. The molecule has 4 atom stereocenters. The van der Waals surface area contributed by atoms with Crippen LogP contribution in [-0.4, -0.2) is 60.6 Å². The predicted octanol–water partition coefficient (Wildman–Crippen LogP) is 3.86. The highest BCUT2D eigenvalue weighted by molar-refractivity contribution is 5.87. The van der Waals surface area contributed by atoms with Crippen LogP contribution in [0.1, 0.15) is 36.0 Å². The highest BCUT2D eigenvalue weighted by atomic mass is 16.6. The van der Waals surface area contributed by atoms with Crippen LogP contribution in [0.15, 0.2) is 78.9 Å². The molecule has 3 aromatic carbocycles. The summed E-state index contributed by atoms with van der Waals surface area (Å²) in [5, 5.41) is 14.8. The third-order valence-corrected chi connectivity index (χ3v) is 7.39. The van der Waals surface area contributed by atoms with E-state index in [1.807, 2.05) is 66.7 Å². The lowest BCUT2D eigenvalue weighted by Gasteiger charge is -2.27. The van der Waals surface area contributed by atoms with Gasteiger partial charge in [-0.15, -0.1) is 0 Å². The Labute approximate surface area is 232 Å². The van der Waals surface area contributed by atoms with Crippen LogP contribution in [0.3, 0.4) is 0 Å². The van der Waals surface area contributed by atoms with Crippen molar-refractivity contribution < 1.29 is 33.7 Å². The number of ether oxygens (including phenoxy) is 3. The van der Waals surface area contributed by atoms with Crippen LogP contribution in [0.25, 0.3) is 11.1 Å². The average molecular weight is 545 g/mol. The Morgan fingerprint density at radius 2 is 1.57 bits per heavy atom. The van der Waals surface area contributed by atoms with Crippen molar-refractivity contribution in [2.75, 3.05) is 13.2 Å². The van der Waals surface area contributed by atoms with E-state index in [-0.39, 0.29) is 25.7 Å². The van der Waals surface area contributed by atoms with E-state index < -0.39 is 42.3 Å².